The second kappa shape index (κ2) is 5.89. The maximum Gasteiger partial charge on any atom is 0.135 e. The first-order valence-electron chi connectivity index (χ1n) is 6.10. The second-order valence-corrected chi connectivity index (χ2v) is 4.06. The second-order valence-electron chi connectivity index (χ2n) is 4.06. The van der Waals surface area contributed by atoms with Gasteiger partial charge in [-0.15, -0.1) is 0 Å². The van der Waals surface area contributed by atoms with Crippen LogP contribution in [0.15, 0.2) is 22.6 Å². The lowest BCUT2D eigenvalue weighted by Crippen LogP contribution is -2.06. The monoisotopic (exact) mass is 249 g/mol. The van der Waals surface area contributed by atoms with Gasteiger partial charge in [0.2, 0.25) is 0 Å². The van der Waals surface area contributed by atoms with Crippen LogP contribution < -0.4 is 10.1 Å². The molecule has 4 nitrogen and oxygen atoms in total. The Kier molecular flexibility index (Phi) is 4.23. The first-order chi connectivity index (χ1) is 8.80. The van der Waals surface area contributed by atoms with E-state index in [0.717, 1.165) is 28.0 Å². The van der Waals surface area contributed by atoms with E-state index in [4.69, 9.17) is 13.9 Å². The number of benzene rings is 1. The van der Waals surface area contributed by atoms with Gasteiger partial charge in [-0.1, -0.05) is 0 Å². The van der Waals surface area contributed by atoms with Crippen molar-refractivity contribution in [2.24, 2.45) is 0 Å². The number of fused-ring (bicyclic) bond motifs is 1. The molecular formula is C14H19NO3. The molecule has 1 aromatic carbocycles. The molecule has 0 aliphatic rings. The van der Waals surface area contributed by atoms with E-state index >= 15 is 0 Å². The molecule has 18 heavy (non-hydrogen) atoms. The number of methoxy groups -OCH3 is 1. The molecule has 0 atom stereocenters. The highest BCUT2D eigenvalue weighted by Crippen LogP contribution is 2.30. The van der Waals surface area contributed by atoms with E-state index in [1.165, 1.54) is 0 Å². The average molecular weight is 249 g/mol. The van der Waals surface area contributed by atoms with Crippen molar-refractivity contribution in [1.29, 1.82) is 0 Å². The van der Waals surface area contributed by atoms with Crippen molar-refractivity contribution in [2.45, 2.75) is 20.1 Å². The molecule has 0 aliphatic carbocycles. The summed E-state index contributed by atoms with van der Waals surface area (Å²) in [4.78, 5) is 0. The lowest BCUT2D eigenvalue weighted by molar-refractivity contribution is 0.183. The highest BCUT2D eigenvalue weighted by atomic mass is 16.5. The summed E-state index contributed by atoms with van der Waals surface area (Å²) in [5, 5.41) is 4.17. The van der Waals surface area contributed by atoms with Gasteiger partial charge in [0.15, 0.2) is 0 Å². The zero-order chi connectivity index (χ0) is 13.0. The van der Waals surface area contributed by atoms with Gasteiger partial charge in [0.25, 0.3) is 0 Å². The van der Waals surface area contributed by atoms with Crippen molar-refractivity contribution in [3.8, 4) is 5.75 Å². The normalized spacial score (nSPS) is 11.1. The largest absolute Gasteiger partial charge is 0.494 e. The van der Waals surface area contributed by atoms with Gasteiger partial charge in [-0.3, -0.25) is 0 Å². The van der Waals surface area contributed by atoms with Gasteiger partial charge in [-0.25, -0.2) is 0 Å². The van der Waals surface area contributed by atoms with Crippen molar-refractivity contribution in [2.75, 3.05) is 20.8 Å². The SMILES string of the molecule is CCOc1ccc2oc(CNC)c(COC)c2c1. The van der Waals surface area contributed by atoms with Gasteiger partial charge in [0.1, 0.15) is 17.1 Å². The Morgan fingerprint density at radius 1 is 1.33 bits per heavy atom. The summed E-state index contributed by atoms with van der Waals surface area (Å²) in [5.74, 6) is 1.78. The third kappa shape index (κ3) is 2.49. The molecule has 0 bridgehead atoms. The van der Waals surface area contributed by atoms with Crippen LogP contribution in [0.25, 0.3) is 11.0 Å². The molecule has 0 radical (unpaired) electrons. The molecule has 0 saturated carbocycles. The van der Waals surface area contributed by atoms with E-state index in [1.807, 2.05) is 32.2 Å². The molecule has 2 rings (SSSR count). The van der Waals surface area contributed by atoms with Crippen molar-refractivity contribution in [3.05, 3.63) is 29.5 Å². The molecule has 1 N–H and O–H groups in total. The fourth-order valence-electron chi connectivity index (χ4n) is 2.04. The van der Waals surface area contributed by atoms with Crippen LogP contribution in [-0.4, -0.2) is 20.8 Å². The number of furan rings is 1. The number of hydrogen-bond donors (Lipinski definition) is 1. The smallest absolute Gasteiger partial charge is 0.135 e. The minimum Gasteiger partial charge on any atom is -0.494 e. The summed E-state index contributed by atoms with van der Waals surface area (Å²) in [6, 6.07) is 5.88. The standard InChI is InChI=1S/C14H19NO3/c1-4-17-10-5-6-13-11(7-10)12(9-16-3)14(18-13)8-15-2/h5-7,15H,4,8-9H2,1-3H3. The minimum absolute atomic E-state index is 0.541. The molecule has 4 heteroatoms. The molecule has 0 unspecified atom stereocenters. The first kappa shape index (κ1) is 12.9. The molecule has 1 aromatic heterocycles. The Morgan fingerprint density at radius 2 is 2.17 bits per heavy atom. The fourth-order valence-corrected chi connectivity index (χ4v) is 2.04. The molecule has 2 aromatic rings. The lowest BCUT2D eigenvalue weighted by Gasteiger charge is -2.03. The number of hydrogen-bond acceptors (Lipinski definition) is 4. The van der Waals surface area contributed by atoms with E-state index in [2.05, 4.69) is 5.32 Å². The highest BCUT2D eigenvalue weighted by molar-refractivity contribution is 5.83. The molecule has 0 spiro atoms. The van der Waals surface area contributed by atoms with Crippen molar-refractivity contribution in [1.82, 2.24) is 5.32 Å². The summed E-state index contributed by atoms with van der Waals surface area (Å²) < 4.78 is 16.6. The fraction of sp³-hybridized carbons (Fsp3) is 0.429. The van der Waals surface area contributed by atoms with Crippen LogP contribution in [0.2, 0.25) is 0 Å². The third-order valence-corrected chi connectivity index (χ3v) is 2.78. The molecule has 98 valence electrons. The van der Waals surface area contributed by atoms with Crippen LogP contribution in [0.5, 0.6) is 5.75 Å². The zero-order valence-corrected chi connectivity index (χ0v) is 11.1. The maximum atomic E-state index is 5.83. The molecular weight excluding hydrogens is 230 g/mol. The first-order valence-corrected chi connectivity index (χ1v) is 6.10. The highest BCUT2D eigenvalue weighted by Gasteiger charge is 2.14. The molecule has 1 heterocycles. The summed E-state index contributed by atoms with van der Waals surface area (Å²) in [6.45, 7) is 3.87. The number of ether oxygens (including phenoxy) is 2. The zero-order valence-electron chi connectivity index (χ0n) is 11.1. The Hall–Kier alpha value is -1.52. The predicted molar refractivity (Wildman–Crippen MR) is 70.9 cm³/mol. The van der Waals surface area contributed by atoms with E-state index in [-0.39, 0.29) is 0 Å². The Bertz CT molecular complexity index is 519. The third-order valence-electron chi connectivity index (χ3n) is 2.78. The number of rotatable bonds is 6. The predicted octanol–water partition coefficient (Wildman–Crippen LogP) is 2.70. The molecule has 0 fully saturated rings. The maximum absolute atomic E-state index is 5.83. The van der Waals surface area contributed by atoms with E-state index in [1.54, 1.807) is 7.11 Å². The Labute approximate surface area is 107 Å². The summed E-state index contributed by atoms with van der Waals surface area (Å²) in [7, 11) is 3.59. The van der Waals surface area contributed by atoms with Gasteiger partial charge in [-0.05, 0) is 32.2 Å². The van der Waals surface area contributed by atoms with Crippen LogP contribution in [0.1, 0.15) is 18.2 Å². The van der Waals surface area contributed by atoms with Crippen molar-refractivity contribution in [3.63, 3.8) is 0 Å². The summed E-state index contributed by atoms with van der Waals surface area (Å²) in [5.41, 5.74) is 1.96. The summed E-state index contributed by atoms with van der Waals surface area (Å²) in [6.07, 6.45) is 0. The van der Waals surface area contributed by atoms with Gasteiger partial charge in [-0.2, -0.15) is 0 Å². The van der Waals surface area contributed by atoms with Gasteiger partial charge >= 0.3 is 0 Å². The summed E-state index contributed by atoms with van der Waals surface area (Å²) >= 11 is 0. The Balaban J connectivity index is 2.48. The quantitative estimate of drug-likeness (QED) is 0.854. The van der Waals surface area contributed by atoms with Crippen LogP contribution in [0, 0.1) is 0 Å². The minimum atomic E-state index is 0.541. The average Bonchev–Trinajstić information content (AvgIpc) is 2.69. The molecule has 0 amide bonds. The molecule has 0 aliphatic heterocycles. The van der Waals surface area contributed by atoms with Crippen molar-refractivity contribution >= 4 is 11.0 Å². The van der Waals surface area contributed by atoms with Gasteiger partial charge in [0.05, 0.1) is 19.8 Å². The topological polar surface area (TPSA) is 43.6 Å². The van der Waals surface area contributed by atoms with E-state index < -0.39 is 0 Å². The van der Waals surface area contributed by atoms with Crippen molar-refractivity contribution < 1.29 is 13.9 Å². The van der Waals surface area contributed by atoms with Crippen LogP contribution >= 0.6 is 0 Å². The Morgan fingerprint density at radius 3 is 2.83 bits per heavy atom. The number of nitrogens with one attached hydrogen (secondary N) is 1. The van der Waals surface area contributed by atoms with Gasteiger partial charge < -0.3 is 19.2 Å². The lowest BCUT2D eigenvalue weighted by atomic mass is 10.1. The van der Waals surface area contributed by atoms with Crippen LogP contribution in [0.3, 0.4) is 0 Å². The van der Waals surface area contributed by atoms with E-state index in [0.29, 0.717) is 19.8 Å². The van der Waals surface area contributed by atoms with Gasteiger partial charge in [0, 0.05) is 18.1 Å². The van der Waals surface area contributed by atoms with E-state index in [9.17, 15) is 0 Å². The molecule has 0 saturated heterocycles. The van der Waals surface area contributed by atoms with Crippen LogP contribution in [0.4, 0.5) is 0 Å². The van der Waals surface area contributed by atoms with Crippen LogP contribution in [-0.2, 0) is 17.9 Å².